The van der Waals surface area contributed by atoms with Crippen LogP contribution in [0.3, 0.4) is 0 Å². The molecule has 5 rings (SSSR count). The molecule has 0 fully saturated rings. The molecule has 4 aromatic rings. The zero-order valence-corrected chi connectivity index (χ0v) is 16.5. The molecule has 2 nitrogen and oxygen atoms in total. The van der Waals surface area contributed by atoms with Gasteiger partial charge in [0.1, 0.15) is 0 Å². The standard InChI is InChI=1S/C28H20O2/c29-27(19-9-3-1-4-10-19)23-15-16-24(28(30)20-11-5-2-6-12-20)26-18-22-14-8-7-13-21(22)17-25(23)26/h1-16H,17-18H2. The van der Waals surface area contributed by atoms with Crippen molar-refractivity contribution in [2.24, 2.45) is 0 Å². The van der Waals surface area contributed by atoms with Gasteiger partial charge in [0.25, 0.3) is 0 Å². The van der Waals surface area contributed by atoms with Crippen LogP contribution in [0.15, 0.2) is 97.1 Å². The van der Waals surface area contributed by atoms with Crippen molar-refractivity contribution in [3.8, 4) is 0 Å². The molecule has 1 aliphatic carbocycles. The topological polar surface area (TPSA) is 34.1 Å². The Hall–Kier alpha value is -3.78. The van der Waals surface area contributed by atoms with Crippen molar-refractivity contribution >= 4 is 11.6 Å². The first-order valence-corrected chi connectivity index (χ1v) is 10.1. The average Bonchev–Trinajstić information content (AvgIpc) is 2.82. The van der Waals surface area contributed by atoms with Gasteiger partial charge in [-0.25, -0.2) is 0 Å². The second-order valence-electron chi connectivity index (χ2n) is 7.63. The predicted octanol–water partition coefficient (Wildman–Crippen LogP) is 5.64. The van der Waals surface area contributed by atoms with Gasteiger partial charge in [0.2, 0.25) is 0 Å². The highest BCUT2D eigenvalue weighted by Gasteiger charge is 2.26. The molecule has 0 spiro atoms. The van der Waals surface area contributed by atoms with Crippen molar-refractivity contribution in [1.29, 1.82) is 0 Å². The largest absolute Gasteiger partial charge is 0.289 e. The number of hydrogen-bond donors (Lipinski definition) is 0. The van der Waals surface area contributed by atoms with Crippen molar-refractivity contribution in [2.75, 3.05) is 0 Å². The van der Waals surface area contributed by atoms with E-state index in [1.54, 1.807) is 0 Å². The molecule has 0 aliphatic heterocycles. The number of fused-ring (bicyclic) bond motifs is 2. The van der Waals surface area contributed by atoms with Gasteiger partial charge in [0.05, 0.1) is 0 Å². The van der Waals surface area contributed by atoms with Crippen LogP contribution in [-0.2, 0) is 12.8 Å². The first-order chi connectivity index (χ1) is 14.7. The average molecular weight is 388 g/mol. The molecule has 0 unspecified atom stereocenters. The van der Waals surface area contributed by atoms with Crippen LogP contribution in [0.5, 0.6) is 0 Å². The van der Waals surface area contributed by atoms with E-state index in [1.165, 1.54) is 11.1 Å². The number of rotatable bonds is 4. The lowest BCUT2D eigenvalue weighted by Gasteiger charge is -2.24. The Morgan fingerprint density at radius 1 is 0.467 bits per heavy atom. The van der Waals surface area contributed by atoms with Gasteiger partial charge in [0, 0.05) is 22.3 Å². The molecule has 1 aliphatic rings. The molecule has 4 aromatic carbocycles. The first-order valence-electron chi connectivity index (χ1n) is 10.1. The first kappa shape index (κ1) is 18.3. The van der Waals surface area contributed by atoms with E-state index in [2.05, 4.69) is 12.1 Å². The van der Waals surface area contributed by atoms with E-state index in [9.17, 15) is 9.59 Å². The summed E-state index contributed by atoms with van der Waals surface area (Å²) in [5, 5.41) is 0. The zero-order chi connectivity index (χ0) is 20.5. The number of ketones is 2. The van der Waals surface area contributed by atoms with E-state index in [-0.39, 0.29) is 11.6 Å². The third-order valence-electron chi connectivity index (χ3n) is 5.85. The summed E-state index contributed by atoms with van der Waals surface area (Å²) < 4.78 is 0. The van der Waals surface area contributed by atoms with Crippen LogP contribution in [-0.4, -0.2) is 11.6 Å². The minimum absolute atomic E-state index is 0.00458. The van der Waals surface area contributed by atoms with Crippen LogP contribution < -0.4 is 0 Å². The van der Waals surface area contributed by atoms with E-state index < -0.39 is 0 Å². The van der Waals surface area contributed by atoms with E-state index >= 15 is 0 Å². The molecular weight excluding hydrogens is 368 g/mol. The summed E-state index contributed by atoms with van der Waals surface area (Å²) in [5.41, 5.74) is 7.11. The van der Waals surface area contributed by atoms with Crippen LogP contribution in [0, 0.1) is 0 Å². The van der Waals surface area contributed by atoms with Crippen LogP contribution in [0.4, 0.5) is 0 Å². The Bertz CT molecular complexity index is 1160. The summed E-state index contributed by atoms with van der Waals surface area (Å²) >= 11 is 0. The SMILES string of the molecule is O=C(c1ccccc1)c1ccc(C(=O)c2ccccc2)c2c1Cc1ccccc1C2. The second-order valence-corrected chi connectivity index (χ2v) is 7.63. The quantitative estimate of drug-likeness (QED) is 0.373. The molecule has 0 bridgehead atoms. The Morgan fingerprint density at radius 2 is 0.833 bits per heavy atom. The lowest BCUT2D eigenvalue weighted by molar-refractivity contribution is 0.102. The fraction of sp³-hybridized carbons (Fsp3) is 0.0714. The fourth-order valence-electron chi connectivity index (χ4n) is 4.30. The summed E-state index contributed by atoms with van der Waals surface area (Å²) in [6, 6.07) is 30.6. The minimum atomic E-state index is 0.00458. The van der Waals surface area contributed by atoms with Gasteiger partial charge >= 0.3 is 0 Å². The molecule has 0 amide bonds. The smallest absolute Gasteiger partial charge is 0.193 e. The molecule has 2 heteroatoms. The Balaban J connectivity index is 1.67. The Kier molecular flexibility index (Phi) is 4.61. The van der Waals surface area contributed by atoms with Crippen LogP contribution >= 0.6 is 0 Å². The number of hydrogen-bond acceptors (Lipinski definition) is 2. The maximum Gasteiger partial charge on any atom is 0.193 e. The van der Waals surface area contributed by atoms with Crippen molar-refractivity contribution in [2.45, 2.75) is 12.8 Å². The van der Waals surface area contributed by atoms with Crippen molar-refractivity contribution in [1.82, 2.24) is 0 Å². The molecule has 0 aromatic heterocycles. The van der Waals surface area contributed by atoms with Gasteiger partial charge < -0.3 is 0 Å². The van der Waals surface area contributed by atoms with Crippen LogP contribution in [0.2, 0.25) is 0 Å². The summed E-state index contributed by atoms with van der Waals surface area (Å²) in [6.45, 7) is 0. The molecular formula is C28H20O2. The molecule has 0 heterocycles. The summed E-state index contributed by atoms with van der Waals surface area (Å²) in [5.74, 6) is 0.00915. The number of carbonyl (C=O) groups excluding carboxylic acids is 2. The molecule has 0 radical (unpaired) electrons. The van der Waals surface area contributed by atoms with E-state index in [0.29, 0.717) is 35.1 Å². The second kappa shape index (κ2) is 7.57. The zero-order valence-electron chi connectivity index (χ0n) is 16.5. The third-order valence-corrected chi connectivity index (χ3v) is 5.85. The van der Waals surface area contributed by atoms with Gasteiger partial charge in [-0.1, -0.05) is 84.9 Å². The molecule has 144 valence electrons. The third kappa shape index (κ3) is 3.17. The van der Waals surface area contributed by atoms with Crippen molar-refractivity contribution < 1.29 is 9.59 Å². The highest BCUT2D eigenvalue weighted by atomic mass is 16.1. The number of carbonyl (C=O) groups is 2. The van der Waals surface area contributed by atoms with E-state index in [1.807, 2.05) is 84.9 Å². The lowest BCUT2D eigenvalue weighted by Crippen LogP contribution is -2.18. The fourth-order valence-corrected chi connectivity index (χ4v) is 4.30. The highest BCUT2D eigenvalue weighted by Crippen LogP contribution is 2.33. The monoisotopic (exact) mass is 388 g/mol. The maximum absolute atomic E-state index is 13.3. The van der Waals surface area contributed by atoms with E-state index in [0.717, 1.165) is 11.1 Å². The normalized spacial score (nSPS) is 12.0. The van der Waals surface area contributed by atoms with Gasteiger partial charge in [-0.2, -0.15) is 0 Å². The number of benzene rings is 4. The van der Waals surface area contributed by atoms with Crippen molar-refractivity contribution in [3.63, 3.8) is 0 Å². The molecule has 30 heavy (non-hydrogen) atoms. The van der Waals surface area contributed by atoms with Gasteiger partial charge in [0.15, 0.2) is 11.6 Å². The van der Waals surface area contributed by atoms with E-state index in [4.69, 9.17) is 0 Å². The van der Waals surface area contributed by atoms with Gasteiger partial charge in [-0.05, 0) is 47.2 Å². The highest BCUT2D eigenvalue weighted by molar-refractivity contribution is 6.13. The van der Waals surface area contributed by atoms with Crippen LogP contribution in [0.1, 0.15) is 54.1 Å². The molecule has 0 N–H and O–H groups in total. The van der Waals surface area contributed by atoms with Gasteiger partial charge in [-0.3, -0.25) is 9.59 Å². The Labute approximate surface area is 175 Å². The van der Waals surface area contributed by atoms with Crippen molar-refractivity contribution in [3.05, 3.63) is 142 Å². The summed E-state index contributed by atoms with van der Waals surface area (Å²) in [6.07, 6.45) is 1.32. The molecule has 0 saturated carbocycles. The summed E-state index contributed by atoms with van der Waals surface area (Å²) in [4.78, 5) is 26.6. The molecule has 0 atom stereocenters. The van der Waals surface area contributed by atoms with Crippen LogP contribution in [0.25, 0.3) is 0 Å². The summed E-state index contributed by atoms with van der Waals surface area (Å²) in [7, 11) is 0. The Morgan fingerprint density at radius 3 is 1.23 bits per heavy atom. The predicted molar refractivity (Wildman–Crippen MR) is 118 cm³/mol. The van der Waals surface area contributed by atoms with Gasteiger partial charge in [-0.15, -0.1) is 0 Å². The molecule has 0 saturated heterocycles. The minimum Gasteiger partial charge on any atom is -0.289 e. The maximum atomic E-state index is 13.3. The lowest BCUT2D eigenvalue weighted by atomic mass is 9.78.